The average molecular weight is 898 g/mol. The number of alkyl carbamates (subject to hydrolysis) is 1. The summed E-state index contributed by atoms with van der Waals surface area (Å²) in [5.41, 5.74) is 7.99. The molecule has 8 rings (SSSR count). The number of aryl methyl sites for hydroxylation is 2. The lowest BCUT2D eigenvalue weighted by atomic mass is 9.78. The Balaban J connectivity index is 1.05. The number of benzene rings is 6. The van der Waals surface area contributed by atoms with Crippen molar-refractivity contribution in [1.82, 2.24) is 15.2 Å². The maximum absolute atomic E-state index is 14.8. The Bertz CT molecular complexity index is 2870. The molecule has 2 N–H and O–H groups in total. The number of furan rings is 1. The van der Waals surface area contributed by atoms with Crippen molar-refractivity contribution < 1.29 is 28.1 Å². The van der Waals surface area contributed by atoms with Crippen LogP contribution in [0, 0.1) is 13.8 Å². The molecule has 2 amide bonds. The minimum atomic E-state index is -1.04. The maximum Gasteiger partial charge on any atom is 0.408 e. The average Bonchev–Trinajstić information content (AvgIpc) is 3.90. The fraction of sp³-hybridized carbons (Fsp3) is 0.232. The largest absolute Gasteiger partial charge is 0.473 e. The Morgan fingerprint density at radius 1 is 0.742 bits per heavy atom. The summed E-state index contributed by atoms with van der Waals surface area (Å²) in [5, 5.41) is 7.61. The molecule has 0 saturated heterocycles. The molecule has 0 aliphatic rings. The molecule has 8 aromatic rings. The van der Waals surface area contributed by atoms with Gasteiger partial charge in [0.2, 0.25) is 11.8 Å². The smallest absolute Gasteiger partial charge is 0.408 e. The van der Waals surface area contributed by atoms with Gasteiger partial charge in [0, 0.05) is 53.1 Å². The van der Waals surface area contributed by atoms with Gasteiger partial charge in [0.05, 0.1) is 19.7 Å². The van der Waals surface area contributed by atoms with E-state index in [1.54, 1.807) is 4.57 Å². The quantitative estimate of drug-likeness (QED) is 0.0881. The van der Waals surface area contributed by atoms with Gasteiger partial charge in [-0.15, -0.1) is 0 Å². The number of ether oxygens (including phenoxy) is 1. The third kappa shape index (κ3) is 11.1. The molecule has 9 nitrogen and oxygen atoms in total. The number of nitrogens with zero attached hydrogens (tertiary/aromatic N) is 1. The van der Waals surface area contributed by atoms with Crippen LogP contribution in [0.15, 0.2) is 168 Å². The molecule has 10 heteroatoms. The molecule has 2 aromatic heterocycles. The Labute approximate surface area is 388 Å². The fourth-order valence-electron chi connectivity index (χ4n) is 8.87. The molecular formula is C56H56N3O6P. The van der Waals surface area contributed by atoms with Gasteiger partial charge in [0.1, 0.15) is 23.1 Å². The summed E-state index contributed by atoms with van der Waals surface area (Å²) in [6, 6.07) is 50.5. The number of hydrogen-bond donors (Lipinski definition) is 2. The second-order valence-corrected chi connectivity index (χ2v) is 19.5. The van der Waals surface area contributed by atoms with Crippen molar-refractivity contribution in [3.8, 4) is 5.75 Å². The predicted octanol–water partition coefficient (Wildman–Crippen LogP) is 12.9. The highest BCUT2D eigenvalue weighted by Gasteiger charge is 2.33. The summed E-state index contributed by atoms with van der Waals surface area (Å²) in [6.45, 7) is 10.2. The second-order valence-electron chi connectivity index (χ2n) is 17.7. The lowest BCUT2D eigenvalue weighted by Gasteiger charge is -2.31. The van der Waals surface area contributed by atoms with Crippen LogP contribution in [0.3, 0.4) is 0 Å². The Kier molecular flexibility index (Phi) is 14.1. The molecule has 0 aliphatic carbocycles. The molecule has 1 unspecified atom stereocenters. The van der Waals surface area contributed by atoms with E-state index in [-0.39, 0.29) is 31.4 Å². The van der Waals surface area contributed by atoms with E-state index in [1.807, 2.05) is 110 Å². The van der Waals surface area contributed by atoms with Crippen LogP contribution < -0.4 is 15.2 Å². The zero-order chi connectivity index (χ0) is 46.2. The normalized spacial score (nSPS) is 12.5. The van der Waals surface area contributed by atoms with Crippen LogP contribution in [-0.4, -0.2) is 28.5 Å². The molecule has 2 heterocycles. The van der Waals surface area contributed by atoms with E-state index in [2.05, 4.69) is 99.0 Å². The van der Waals surface area contributed by atoms with Crippen molar-refractivity contribution in [3.63, 3.8) is 0 Å². The molecule has 0 fully saturated rings. The van der Waals surface area contributed by atoms with Crippen LogP contribution in [0.25, 0.3) is 21.9 Å². The summed E-state index contributed by atoms with van der Waals surface area (Å²) >= 11 is 0. The topological polar surface area (TPSA) is 112 Å². The highest BCUT2D eigenvalue weighted by molar-refractivity contribution is 7.51. The highest BCUT2D eigenvalue weighted by Crippen LogP contribution is 2.49. The van der Waals surface area contributed by atoms with Gasteiger partial charge in [-0.3, -0.25) is 14.2 Å². The Hall–Kier alpha value is -6.96. The first-order valence-corrected chi connectivity index (χ1v) is 24.0. The van der Waals surface area contributed by atoms with Gasteiger partial charge in [0.15, 0.2) is 6.61 Å². The first kappa shape index (κ1) is 45.6. The van der Waals surface area contributed by atoms with Gasteiger partial charge in [0.25, 0.3) is 0 Å². The van der Waals surface area contributed by atoms with E-state index in [0.29, 0.717) is 16.9 Å². The first-order chi connectivity index (χ1) is 31.9. The lowest BCUT2D eigenvalue weighted by Crippen LogP contribution is -2.48. The maximum atomic E-state index is 14.8. The molecule has 0 spiro atoms. The number of amides is 2. The van der Waals surface area contributed by atoms with Gasteiger partial charge in [-0.2, -0.15) is 0 Å². The lowest BCUT2D eigenvalue weighted by molar-refractivity contribution is -0.123. The van der Waals surface area contributed by atoms with Crippen LogP contribution in [0.2, 0.25) is 0 Å². The summed E-state index contributed by atoms with van der Waals surface area (Å²) in [5.74, 6) is 0.784. The highest BCUT2D eigenvalue weighted by atomic mass is 31.1. The molecule has 336 valence electrons. The van der Waals surface area contributed by atoms with Crippen molar-refractivity contribution in [1.29, 1.82) is 0 Å². The number of carbonyl (C=O) groups excluding carboxylic acids is 3. The monoisotopic (exact) mass is 897 g/mol. The SMILES string of the molecule is Cc1cc(C)c(C(C)(C)CC(=O)n2cc(CC(NC(=O)OCc3cc4ccccc4o3)C(=O)N[C@@H](C)c3ccccc3)c3ccccc32)c(OP(Cc2ccccc2)Cc2ccccc2)c1. The summed E-state index contributed by atoms with van der Waals surface area (Å²) in [4.78, 5) is 42.4. The van der Waals surface area contributed by atoms with Crippen molar-refractivity contribution in [2.75, 3.05) is 0 Å². The number of carbonyl (C=O) groups is 3. The fourth-order valence-corrected chi connectivity index (χ4v) is 10.8. The van der Waals surface area contributed by atoms with Gasteiger partial charge in [-0.1, -0.05) is 147 Å². The minimum Gasteiger partial charge on any atom is -0.473 e. The minimum absolute atomic E-state index is 0.0959. The van der Waals surface area contributed by atoms with E-state index in [9.17, 15) is 14.4 Å². The molecule has 0 bridgehead atoms. The molecule has 0 saturated carbocycles. The van der Waals surface area contributed by atoms with E-state index in [0.717, 1.165) is 56.7 Å². The van der Waals surface area contributed by atoms with Crippen LogP contribution in [0.4, 0.5) is 4.79 Å². The number of aromatic nitrogens is 1. The number of nitrogens with one attached hydrogen (secondary N) is 2. The van der Waals surface area contributed by atoms with Crippen LogP contribution >= 0.6 is 8.15 Å². The van der Waals surface area contributed by atoms with Crippen LogP contribution in [-0.2, 0) is 40.3 Å². The molecular weight excluding hydrogens is 842 g/mol. The van der Waals surface area contributed by atoms with Crippen molar-refractivity contribution in [3.05, 3.63) is 209 Å². The number of hydrogen-bond acceptors (Lipinski definition) is 6. The van der Waals surface area contributed by atoms with E-state index in [4.69, 9.17) is 13.7 Å². The van der Waals surface area contributed by atoms with E-state index < -0.39 is 31.6 Å². The molecule has 2 atom stereocenters. The summed E-state index contributed by atoms with van der Waals surface area (Å²) < 4.78 is 20.3. The van der Waals surface area contributed by atoms with Crippen molar-refractivity contribution in [2.45, 2.75) is 83.9 Å². The molecule has 66 heavy (non-hydrogen) atoms. The molecule has 0 radical (unpaired) electrons. The Morgan fingerprint density at radius 2 is 1.36 bits per heavy atom. The second kappa shape index (κ2) is 20.5. The van der Waals surface area contributed by atoms with Crippen molar-refractivity contribution in [2.24, 2.45) is 0 Å². The van der Waals surface area contributed by atoms with E-state index in [1.165, 1.54) is 11.1 Å². The number of fused-ring (bicyclic) bond motifs is 2. The third-order valence-corrected chi connectivity index (χ3v) is 13.8. The number of para-hydroxylation sites is 2. The summed E-state index contributed by atoms with van der Waals surface area (Å²) in [7, 11) is -0.987. The van der Waals surface area contributed by atoms with Crippen molar-refractivity contribution >= 4 is 47.9 Å². The predicted molar refractivity (Wildman–Crippen MR) is 264 cm³/mol. The third-order valence-electron chi connectivity index (χ3n) is 11.9. The zero-order valence-corrected chi connectivity index (χ0v) is 39.0. The van der Waals surface area contributed by atoms with Crippen LogP contribution in [0.5, 0.6) is 5.75 Å². The van der Waals surface area contributed by atoms with Gasteiger partial charge < -0.3 is 24.3 Å². The van der Waals surface area contributed by atoms with Gasteiger partial charge >= 0.3 is 6.09 Å². The summed E-state index contributed by atoms with van der Waals surface area (Å²) in [6.07, 6.45) is 2.88. The Morgan fingerprint density at radius 3 is 2.05 bits per heavy atom. The zero-order valence-electron chi connectivity index (χ0n) is 38.1. The standard InChI is InChI=1S/C56H56N3O6P/c1-38-29-39(2)53(51(30-38)65-66(36-41-19-9-6-10-20-41)37-42-21-11-7-12-22-42)56(4,5)33-52(60)59-34-45(47-26-16-17-27-49(47)59)32-48(54(61)57-40(3)43-23-13-8-14-24-43)58-55(62)63-35-46-31-44-25-15-18-28-50(44)64-46/h6-31,34,40,48H,32-33,35-37H2,1-5H3,(H,57,61)(H,58,62)/t40-,48?/m0/s1. The van der Waals surface area contributed by atoms with Gasteiger partial charge in [-0.25, -0.2) is 4.79 Å². The van der Waals surface area contributed by atoms with E-state index >= 15 is 0 Å². The molecule has 6 aromatic carbocycles. The molecule has 0 aliphatic heterocycles. The first-order valence-electron chi connectivity index (χ1n) is 22.4. The van der Waals surface area contributed by atoms with Crippen LogP contribution in [0.1, 0.15) is 82.7 Å². The number of rotatable bonds is 17. The van der Waals surface area contributed by atoms with Gasteiger partial charge in [-0.05, 0) is 78.4 Å².